The normalized spacial score (nSPS) is 10.1. The smallest absolute Gasteiger partial charge is 0.255 e. The number of carbonyl (C=O) groups excluding carboxylic acids is 1. The Morgan fingerprint density at radius 1 is 1.47 bits per heavy atom. The molecule has 4 nitrogen and oxygen atoms in total. The van der Waals surface area contributed by atoms with Gasteiger partial charge in [0, 0.05) is 19.6 Å². The van der Waals surface area contributed by atoms with E-state index in [9.17, 15) is 4.79 Å². The quantitative estimate of drug-likeness (QED) is 0.737. The standard InChI is InChI=1S/C13H19NO3/c1-3-14-13(16)11-7-4-6-10(2)12(11)17-9-5-8-15/h4,6-7,15H,3,5,8-9H2,1-2H3,(H,14,16). The maximum Gasteiger partial charge on any atom is 0.255 e. The first kappa shape index (κ1) is 13.5. The predicted molar refractivity (Wildman–Crippen MR) is 66.4 cm³/mol. The molecule has 0 aliphatic heterocycles. The molecular formula is C13H19NO3. The highest BCUT2D eigenvalue weighted by atomic mass is 16.5. The summed E-state index contributed by atoms with van der Waals surface area (Å²) in [4.78, 5) is 11.8. The van der Waals surface area contributed by atoms with Gasteiger partial charge in [0.05, 0.1) is 12.2 Å². The molecule has 0 atom stereocenters. The molecule has 0 unspecified atom stereocenters. The molecular weight excluding hydrogens is 218 g/mol. The molecule has 94 valence electrons. The van der Waals surface area contributed by atoms with Gasteiger partial charge in [0.25, 0.3) is 5.91 Å². The van der Waals surface area contributed by atoms with E-state index in [1.54, 1.807) is 6.07 Å². The average Bonchev–Trinajstić information content (AvgIpc) is 2.31. The van der Waals surface area contributed by atoms with E-state index in [4.69, 9.17) is 9.84 Å². The summed E-state index contributed by atoms with van der Waals surface area (Å²) in [6, 6.07) is 5.47. The monoisotopic (exact) mass is 237 g/mol. The molecule has 0 fully saturated rings. The van der Waals surface area contributed by atoms with Crippen LogP contribution in [-0.2, 0) is 0 Å². The van der Waals surface area contributed by atoms with E-state index < -0.39 is 0 Å². The lowest BCUT2D eigenvalue weighted by Gasteiger charge is -2.13. The Kier molecular flexibility index (Phi) is 5.49. The lowest BCUT2D eigenvalue weighted by Crippen LogP contribution is -2.23. The van der Waals surface area contributed by atoms with Gasteiger partial charge in [0.15, 0.2) is 0 Å². The van der Waals surface area contributed by atoms with Crippen LogP contribution in [0, 0.1) is 6.92 Å². The first-order valence-corrected chi connectivity index (χ1v) is 5.82. The van der Waals surface area contributed by atoms with Crippen molar-refractivity contribution in [3.63, 3.8) is 0 Å². The Hall–Kier alpha value is -1.55. The van der Waals surface area contributed by atoms with Crippen molar-refractivity contribution in [1.82, 2.24) is 5.32 Å². The van der Waals surface area contributed by atoms with Crippen LogP contribution in [0.1, 0.15) is 29.3 Å². The number of aliphatic hydroxyl groups is 1. The van der Waals surface area contributed by atoms with Gasteiger partial charge in [0.2, 0.25) is 0 Å². The van der Waals surface area contributed by atoms with Gasteiger partial charge in [-0.3, -0.25) is 4.79 Å². The molecule has 2 N–H and O–H groups in total. The van der Waals surface area contributed by atoms with Gasteiger partial charge < -0.3 is 15.2 Å². The maximum atomic E-state index is 11.8. The van der Waals surface area contributed by atoms with E-state index in [1.807, 2.05) is 26.0 Å². The minimum atomic E-state index is -0.129. The molecule has 0 bridgehead atoms. The molecule has 0 radical (unpaired) electrons. The zero-order valence-electron chi connectivity index (χ0n) is 10.3. The number of nitrogens with one attached hydrogen (secondary N) is 1. The largest absolute Gasteiger partial charge is 0.492 e. The summed E-state index contributed by atoms with van der Waals surface area (Å²) in [5.41, 5.74) is 1.47. The molecule has 0 aliphatic rings. The lowest BCUT2D eigenvalue weighted by molar-refractivity contribution is 0.0951. The summed E-state index contributed by atoms with van der Waals surface area (Å²) in [6.45, 7) is 4.86. The zero-order chi connectivity index (χ0) is 12.7. The third-order valence-corrected chi connectivity index (χ3v) is 2.34. The van der Waals surface area contributed by atoms with E-state index in [0.717, 1.165) is 5.56 Å². The molecule has 0 aromatic heterocycles. The van der Waals surface area contributed by atoms with Crippen molar-refractivity contribution in [2.45, 2.75) is 20.3 Å². The number of carbonyl (C=O) groups is 1. The Morgan fingerprint density at radius 3 is 2.88 bits per heavy atom. The molecule has 4 heteroatoms. The minimum absolute atomic E-state index is 0.0857. The SMILES string of the molecule is CCNC(=O)c1cccc(C)c1OCCCO. The number of rotatable bonds is 6. The molecule has 1 aromatic rings. The Morgan fingerprint density at radius 2 is 2.24 bits per heavy atom. The van der Waals surface area contributed by atoms with Crippen LogP contribution in [0.5, 0.6) is 5.75 Å². The molecule has 1 rings (SSSR count). The summed E-state index contributed by atoms with van der Waals surface area (Å²) < 4.78 is 5.55. The average molecular weight is 237 g/mol. The van der Waals surface area contributed by atoms with Gasteiger partial charge in [0.1, 0.15) is 5.75 Å². The molecule has 0 heterocycles. The van der Waals surface area contributed by atoms with Crippen LogP contribution in [-0.4, -0.2) is 30.8 Å². The van der Waals surface area contributed by atoms with Crippen LogP contribution >= 0.6 is 0 Å². The summed E-state index contributed by atoms with van der Waals surface area (Å²) in [7, 11) is 0. The van der Waals surface area contributed by atoms with Gasteiger partial charge in [-0.2, -0.15) is 0 Å². The first-order chi connectivity index (χ1) is 8.20. The topological polar surface area (TPSA) is 58.6 Å². The van der Waals surface area contributed by atoms with Gasteiger partial charge in [-0.05, 0) is 25.5 Å². The second-order valence-electron chi connectivity index (χ2n) is 3.74. The molecule has 0 saturated heterocycles. The van der Waals surface area contributed by atoms with Crippen LogP contribution in [0.2, 0.25) is 0 Å². The van der Waals surface area contributed by atoms with Gasteiger partial charge >= 0.3 is 0 Å². The Balaban J connectivity index is 2.87. The van der Waals surface area contributed by atoms with Crippen LogP contribution in [0.25, 0.3) is 0 Å². The van der Waals surface area contributed by atoms with Crippen LogP contribution in [0.3, 0.4) is 0 Å². The van der Waals surface area contributed by atoms with E-state index in [2.05, 4.69) is 5.32 Å². The fourth-order valence-corrected chi connectivity index (χ4v) is 1.52. The zero-order valence-corrected chi connectivity index (χ0v) is 10.3. The number of hydrogen-bond donors (Lipinski definition) is 2. The van der Waals surface area contributed by atoms with Crippen molar-refractivity contribution >= 4 is 5.91 Å². The number of para-hydroxylation sites is 1. The minimum Gasteiger partial charge on any atom is -0.492 e. The first-order valence-electron chi connectivity index (χ1n) is 5.82. The highest BCUT2D eigenvalue weighted by molar-refractivity contribution is 5.97. The Labute approximate surface area is 102 Å². The number of benzene rings is 1. The van der Waals surface area contributed by atoms with Crippen molar-refractivity contribution in [2.24, 2.45) is 0 Å². The van der Waals surface area contributed by atoms with Crippen molar-refractivity contribution in [3.05, 3.63) is 29.3 Å². The molecule has 1 aromatic carbocycles. The van der Waals surface area contributed by atoms with Crippen LogP contribution in [0.15, 0.2) is 18.2 Å². The van der Waals surface area contributed by atoms with E-state index in [-0.39, 0.29) is 12.5 Å². The number of aliphatic hydroxyl groups excluding tert-OH is 1. The van der Waals surface area contributed by atoms with Crippen LogP contribution in [0.4, 0.5) is 0 Å². The number of aryl methyl sites for hydroxylation is 1. The number of ether oxygens (including phenoxy) is 1. The van der Waals surface area contributed by atoms with Gasteiger partial charge in [-0.25, -0.2) is 0 Å². The Bertz CT molecular complexity index is 377. The van der Waals surface area contributed by atoms with Crippen molar-refractivity contribution in [1.29, 1.82) is 0 Å². The van der Waals surface area contributed by atoms with Crippen molar-refractivity contribution < 1.29 is 14.6 Å². The third kappa shape index (κ3) is 3.75. The number of amides is 1. The second kappa shape index (κ2) is 6.91. The highest BCUT2D eigenvalue weighted by Crippen LogP contribution is 2.23. The fourth-order valence-electron chi connectivity index (χ4n) is 1.52. The summed E-state index contributed by atoms with van der Waals surface area (Å²) in [5.74, 6) is 0.474. The fraction of sp³-hybridized carbons (Fsp3) is 0.462. The van der Waals surface area contributed by atoms with Crippen LogP contribution < -0.4 is 10.1 Å². The molecule has 1 amide bonds. The van der Waals surface area contributed by atoms with Crippen molar-refractivity contribution in [3.8, 4) is 5.75 Å². The van der Waals surface area contributed by atoms with E-state index >= 15 is 0 Å². The second-order valence-corrected chi connectivity index (χ2v) is 3.74. The summed E-state index contributed by atoms with van der Waals surface area (Å²) in [6.07, 6.45) is 0.559. The highest BCUT2D eigenvalue weighted by Gasteiger charge is 2.13. The third-order valence-electron chi connectivity index (χ3n) is 2.34. The van der Waals surface area contributed by atoms with E-state index in [1.165, 1.54) is 0 Å². The molecule has 0 saturated carbocycles. The maximum absolute atomic E-state index is 11.8. The molecule has 0 aliphatic carbocycles. The van der Waals surface area contributed by atoms with E-state index in [0.29, 0.717) is 30.9 Å². The lowest BCUT2D eigenvalue weighted by atomic mass is 10.1. The summed E-state index contributed by atoms with van der Waals surface area (Å²) >= 11 is 0. The van der Waals surface area contributed by atoms with Crippen molar-refractivity contribution in [2.75, 3.05) is 19.8 Å². The summed E-state index contributed by atoms with van der Waals surface area (Å²) in [5, 5.41) is 11.5. The number of hydrogen-bond acceptors (Lipinski definition) is 3. The van der Waals surface area contributed by atoms with Gasteiger partial charge in [-0.15, -0.1) is 0 Å². The molecule has 0 spiro atoms. The molecule has 17 heavy (non-hydrogen) atoms. The predicted octanol–water partition coefficient (Wildman–Crippen LogP) is 1.51. The van der Waals surface area contributed by atoms with Gasteiger partial charge in [-0.1, -0.05) is 12.1 Å².